The van der Waals surface area contributed by atoms with E-state index in [9.17, 15) is 4.79 Å². The normalized spacial score (nSPS) is 24.1. The second-order valence-electron chi connectivity index (χ2n) is 4.97. The summed E-state index contributed by atoms with van der Waals surface area (Å²) in [5.74, 6) is -0.0540. The maximum absolute atomic E-state index is 11.1. The van der Waals surface area contributed by atoms with Gasteiger partial charge in [0, 0.05) is 31.2 Å². The summed E-state index contributed by atoms with van der Waals surface area (Å²) in [7, 11) is 0. The molecule has 3 N–H and O–H groups in total. The molecule has 2 rings (SSSR count). The SMILES string of the molecule is CCn1nccc1CNC1CCC(C(N)=O)CC1. The maximum Gasteiger partial charge on any atom is 0.220 e. The molecule has 5 nitrogen and oxygen atoms in total. The number of primary amides is 1. The molecule has 1 aromatic heterocycles. The number of nitrogens with zero attached hydrogens (tertiary/aromatic N) is 2. The third kappa shape index (κ3) is 3.10. The molecule has 1 aliphatic carbocycles. The molecule has 1 heterocycles. The molecule has 0 aromatic carbocycles. The summed E-state index contributed by atoms with van der Waals surface area (Å²) >= 11 is 0. The summed E-state index contributed by atoms with van der Waals surface area (Å²) in [6.07, 6.45) is 5.74. The van der Waals surface area contributed by atoms with Crippen LogP contribution in [0.15, 0.2) is 12.3 Å². The lowest BCUT2D eigenvalue weighted by Crippen LogP contribution is -2.36. The topological polar surface area (TPSA) is 72.9 Å². The molecule has 0 bridgehead atoms. The molecule has 1 aromatic rings. The minimum absolute atomic E-state index is 0.0872. The number of amides is 1. The van der Waals surface area contributed by atoms with Gasteiger partial charge < -0.3 is 11.1 Å². The summed E-state index contributed by atoms with van der Waals surface area (Å²) in [5, 5.41) is 7.79. The first kappa shape index (κ1) is 13.1. The molecule has 0 radical (unpaired) electrons. The molecule has 1 fully saturated rings. The number of carbonyl (C=O) groups excluding carboxylic acids is 1. The van der Waals surface area contributed by atoms with Gasteiger partial charge in [-0.2, -0.15) is 5.10 Å². The van der Waals surface area contributed by atoms with Crippen molar-refractivity contribution < 1.29 is 4.79 Å². The molecule has 0 atom stereocenters. The molecule has 5 heteroatoms. The smallest absolute Gasteiger partial charge is 0.220 e. The van der Waals surface area contributed by atoms with Crippen LogP contribution in [0.5, 0.6) is 0 Å². The Bertz CT molecular complexity index is 393. The number of hydrogen-bond donors (Lipinski definition) is 2. The second-order valence-corrected chi connectivity index (χ2v) is 4.97. The van der Waals surface area contributed by atoms with Crippen molar-refractivity contribution in [3.63, 3.8) is 0 Å². The highest BCUT2D eigenvalue weighted by molar-refractivity contribution is 5.76. The van der Waals surface area contributed by atoms with E-state index in [2.05, 4.69) is 17.3 Å². The Balaban J connectivity index is 1.77. The number of carbonyl (C=O) groups is 1. The van der Waals surface area contributed by atoms with Crippen molar-refractivity contribution in [3.05, 3.63) is 18.0 Å². The van der Waals surface area contributed by atoms with E-state index in [1.165, 1.54) is 5.69 Å². The Kier molecular flexibility index (Phi) is 4.36. The van der Waals surface area contributed by atoms with E-state index in [4.69, 9.17) is 5.73 Å². The predicted molar refractivity (Wildman–Crippen MR) is 69.7 cm³/mol. The standard InChI is InChI=1S/C13H22N4O/c1-2-17-12(7-8-16-17)9-15-11-5-3-10(4-6-11)13(14)18/h7-8,10-11,15H,2-6,9H2,1H3,(H2,14,18). The molecule has 18 heavy (non-hydrogen) atoms. The number of hydrogen-bond acceptors (Lipinski definition) is 3. The predicted octanol–water partition coefficient (Wildman–Crippen LogP) is 1.04. The monoisotopic (exact) mass is 250 g/mol. The highest BCUT2D eigenvalue weighted by Crippen LogP contribution is 2.24. The van der Waals surface area contributed by atoms with Crippen LogP contribution in [0.2, 0.25) is 0 Å². The van der Waals surface area contributed by atoms with Crippen molar-refractivity contribution in [3.8, 4) is 0 Å². The van der Waals surface area contributed by atoms with Gasteiger partial charge in [-0.15, -0.1) is 0 Å². The van der Waals surface area contributed by atoms with E-state index < -0.39 is 0 Å². The molecule has 1 amide bonds. The molecular formula is C13H22N4O. The van der Waals surface area contributed by atoms with Gasteiger partial charge in [0.05, 0.1) is 5.69 Å². The first-order valence-electron chi connectivity index (χ1n) is 6.74. The molecule has 100 valence electrons. The summed E-state index contributed by atoms with van der Waals surface area (Å²) in [6.45, 7) is 3.84. The fraction of sp³-hybridized carbons (Fsp3) is 0.692. The quantitative estimate of drug-likeness (QED) is 0.820. The van der Waals surface area contributed by atoms with Crippen LogP contribution in [0, 0.1) is 5.92 Å². The summed E-state index contributed by atoms with van der Waals surface area (Å²) in [6, 6.07) is 2.55. The Labute approximate surface area is 108 Å². The molecule has 0 aliphatic heterocycles. The maximum atomic E-state index is 11.1. The van der Waals surface area contributed by atoms with Crippen LogP contribution in [0.1, 0.15) is 38.3 Å². The lowest BCUT2D eigenvalue weighted by atomic mass is 9.85. The van der Waals surface area contributed by atoms with Crippen LogP contribution >= 0.6 is 0 Å². The highest BCUT2D eigenvalue weighted by Gasteiger charge is 2.24. The van der Waals surface area contributed by atoms with Crippen LogP contribution < -0.4 is 11.1 Å². The van der Waals surface area contributed by atoms with Crippen molar-refractivity contribution >= 4 is 5.91 Å². The molecule has 0 spiro atoms. The van der Waals surface area contributed by atoms with Crippen molar-refractivity contribution in [2.45, 2.75) is 51.7 Å². The van der Waals surface area contributed by atoms with Crippen LogP contribution in [-0.4, -0.2) is 21.7 Å². The molecule has 0 unspecified atom stereocenters. The van der Waals surface area contributed by atoms with Crippen LogP contribution in [-0.2, 0) is 17.9 Å². The van der Waals surface area contributed by atoms with Crippen LogP contribution in [0.4, 0.5) is 0 Å². The summed E-state index contributed by atoms with van der Waals surface area (Å²) in [4.78, 5) is 11.1. The third-order valence-corrected chi connectivity index (χ3v) is 3.81. The fourth-order valence-electron chi connectivity index (χ4n) is 2.63. The van der Waals surface area contributed by atoms with Crippen molar-refractivity contribution in [2.75, 3.05) is 0 Å². The van der Waals surface area contributed by atoms with E-state index in [1.807, 2.05) is 16.9 Å². The number of rotatable bonds is 5. The van der Waals surface area contributed by atoms with E-state index in [0.29, 0.717) is 6.04 Å². The van der Waals surface area contributed by atoms with Crippen LogP contribution in [0.3, 0.4) is 0 Å². The average molecular weight is 250 g/mol. The number of nitrogens with one attached hydrogen (secondary N) is 1. The van der Waals surface area contributed by atoms with Crippen molar-refractivity contribution in [2.24, 2.45) is 11.7 Å². The van der Waals surface area contributed by atoms with Gasteiger partial charge in [-0.05, 0) is 38.7 Å². The van der Waals surface area contributed by atoms with Gasteiger partial charge >= 0.3 is 0 Å². The molecular weight excluding hydrogens is 228 g/mol. The lowest BCUT2D eigenvalue weighted by Gasteiger charge is -2.27. The Morgan fingerprint density at radius 3 is 2.83 bits per heavy atom. The van der Waals surface area contributed by atoms with Crippen molar-refractivity contribution in [1.82, 2.24) is 15.1 Å². The second kappa shape index (κ2) is 6.00. The Morgan fingerprint density at radius 2 is 2.22 bits per heavy atom. The molecule has 1 saturated carbocycles. The van der Waals surface area contributed by atoms with Gasteiger partial charge in [0.15, 0.2) is 0 Å². The number of aryl methyl sites for hydroxylation is 1. The van der Waals surface area contributed by atoms with Gasteiger partial charge in [-0.3, -0.25) is 9.48 Å². The molecule has 0 saturated heterocycles. The lowest BCUT2D eigenvalue weighted by molar-refractivity contribution is -0.122. The zero-order valence-corrected chi connectivity index (χ0v) is 10.9. The minimum Gasteiger partial charge on any atom is -0.369 e. The minimum atomic E-state index is -0.141. The largest absolute Gasteiger partial charge is 0.369 e. The van der Waals surface area contributed by atoms with Crippen LogP contribution in [0.25, 0.3) is 0 Å². The van der Waals surface area contributed by atoms with E-state index >= 15 is 0 Å². The van der Waals surface area contributed by atoms with Gasteiger partial charge in [0.1, 0.15) is 0 Å². The third-order valence-electron chi connectivity index (χ3n) is 3.81. The van der Waals surface area contributed by atoms with Gasteiger partial charge in [0.2, 0.25) is 5.91 Å². The number of nitrogens with two attached hydrogens (primary N) is 1. The van der Waals surface area contributed by atoms with Crippen molar-refractivity contribution in [1.29, 1.82) is 0 Å². The first-order valence-corrected chi connectivity index (χ1v) is 6.74. The number of aromatic nitrogens is 2. The van der Waals surface area contributed by atoms with Gasteiger partial charge in [-0.1, -0.05) is 0 Å². The average Bonchev–Trinajstić information content (AvgIpc) is 2.84. The van der Waals surface area contributed by atoms with E-state index in [0.717, 1.165) is 38.8 Å². The highest BCUT2D eigenvalue weighted by atomic mass is 16.1. The van der Waals surface area contributed by atoms with E-state index in [-0.39, 0.29) is 11.8 Å². The first-order chi connectivity index (χ1) is 8.70. The zero-order chi connectivity index (χ0) is 13.0. The van der Waals surface area contributed by atoms with Gasteiger partial charge in [-0.25, -0.2) is 0 Å². The Morgan fingerprint density at radius 1 is 1.50 bits per heavy atom. The zero-order valence-electron chi connectivity index (χ0n) is 10.9. The summed E-state index contributed by atoms with van der Waals surface area (Å²) in [5.41, 5.74) is 6.55. The fourth-order valence-corrected chi connectivity index (χ4v) is 2.63. The van der Waals surface area contributed by atoms with Gasteiger partial charge in [0.25, 0.3) is 0 Å². The Hall–Kier alpha value is -1.36. The summed E-state index contributed by atoms with van der Waals surface area (Å²) < 4.78 is 2.00. The van der Waals surface area contributed by atoms with E-state index in [1.54, 1.807) is 0 Å². The molecule has 1 aliphatic rings.